The molecule has 0 N–H and O–H groups in total. The van der Waals surface area contributed by atoms with Crippen molar-refractivity contribution < 1.29 is 18.7 Å². The third kappa shape index (κ3) is 6.94. The standard InChI is InChI=1S/C32H27FI2N2O4S2/c1-17(2)41-31(39)27-18(3)36-32-37(28(27)19-9-11-23(42-4)12-10-19)30(38)26(43-32)14-21-13-22(34)15-25(35)29(21)40-16-20-7-5-6-8-24(20)33/h5-15,17,28H,16H2,1-4H3/b26-14-/t28-/m1/s1. The van der Waals surface area contributed by atoms with Crippen molar-refractivity contribution in [1.29, 1.82) is 0 Å². The molecule has 222 valence electrons. The summed E-state index contributed by atoms with van der Waals surface area (Å²) >= 11 is 7.27. The van der Waals surface area contributed by atoms with E-state index in [1.807, 2.05) is 42.7 Å². The van der Waals surface area contributed by atoms with Gasteiger partial charge in [-0.1, -0.05) is 41.7 Å². The van der Waals surface area contributed by atoms with Crippen molar-refractivity contribution in [1.82, 2.24) is 4.57 Å². The van der Waals surface area contributed by atoms with Crippen LogP contribution in [0.5, 0.6) is 5.75 Å². The summed E-state index contributed by atoms with van der Waals surface area (Å²) in [5.74, 6) is -0.289. The quantitative estimate of drug-likeness (QED) is 0.111. The zero-order valence-corrected chi connectivity index (χ0v) is 29.6. The molecule has 5 rings (SSSR count). The van der Waals surface area contributed by atoms with E-state index >= 15 is 0 Å². The predicted molar refractivity (Wildman–Crippen MR) is 186 cm³/mol. The molecule has 1 atom stereocenters. The van der Waals surface area contributed by atoms with Crippen LogP contribution < -0.4 is 19.6 Å². The molecule has 2 heterocycles. The number of hydrogen-bond donors (Lipinski definition) is 0. The van der Waals surface area contributed by atoms with Crippen molar-refractivity contribution in [2.75, 3.05) is 6.26 Å². The van der Waals surface area contributed by atoms with Crippen LogP contribution in [0.1, 0.15) is 43.5 Å². The Bertz CT molecular complexity index is 1920. The molecule has 1 aliphatic rings. The molecule has 0 saturated heterocycles. The number of nitrogens with zero attached hydrogens (tertiary/aromatic N) is 2. The minimum Gasteiger partial charge on any atom is -0.487 e. The van der Waals surface area contributed by atoms with Gasteiger partial charge in [-0.15, -0.1) is 11.8 Å². The number of rotatable bonds is 8. The number of esters is 1. The molecule has 3 aromatic carbocycles. The smallest absolute Gasteiger partial charge is 0.338 e. The van der Waals surface area contributed by atoms with Crippen LogP contribution in [0, 0.1) is 13.0 Å². The molecule has 0 spiro atoms. The first-order valence-electron chi connectivity index (χ1n) is 13.3. The van der Waals surface area contributed by atoms with Gasteiger partial charge in [0.25, 0.3) is 5.56 Å². The monoisotopic (exact) mass is 840 g/mol. The molecule has 0 fully saturated rings. The third-order valence-corrected chi connectivity index (χ3v) is 9.82. The summed E-state index contributed by atoms with van der Waals surface area (Å²) in [6, 6.07) is 17.5. The molecule has 0 radical (unpaired) electrons. The molecule has 1 aliphatic heterocycles. The van der Waals surface area contributed by atoms with E-state index in [9.17, 15) is 14.0 Å². The molecular formula is C32H27FI2N2O4S2. The number of thiazole rings is 1. The minimum absolute atomic E-state index is 0.0396. The summed E-state index contributed by atoms with van der Waals surface area (Å²) in [5, 5.41) is 0. The number of fused-ring (bicyclic) bond motifs is 1. The Morgan fingerprint density at radius 2 is 1.88 bits per heavy atom. The Hall–Kier alpha value is -2.49. The Labute approximate surface area is 284 Å². The molecule has 0 amide bonds. The molecule has 0 saturated carbocycles. The fraction of sp³-hybridized carbons (Fsp3) is 0.219. The van der Waals surface area contributed by atoms with Crippen molar-refractivity contribution >= 4 is 80.3 Å². The van der Waals surface area contributed by atoms with Crippen LogP contribution in [-0.2, 0) is 16.1 Å². The number of carbonyl (C=O) groups is 1. The van der Waals surface area contributed by atoms with Gasteiger partial charge in [0.15, 0.2) is 4.80 Å². The lowest BCUT2D eigenvalue weighted by atomic mass is 9.96. The lowest BCUT2D eigenvalue weighted by molar-refractivity contribution is -0.143. The van der Waals surface area contributed by atoms with Crippen LogP contribution in [0.2, 0.25) is 0 Å². The summed E-state index contributed by atoms with van der Waals surface area (Å²) in [7, 11) is 0. The summed E-state index contributed by atoms with van der Waals surface area (Å²) in [6.07, 6.45) is 3.44. The van der Waals surface area contributed by atoms with Crippen molar-refractivity contribution in [3.63, 3.8) is 0 Å². The number of ether oxygens (including phenoxy) is 2. The molecule has 4 aromatic rings. The first-order chi connectivity index (χ1) is 20.6. The molecular weight excluding hydrogens is 813 g/mol. The Morgan fingerprint density at radius 1 is 1.16 bits per heavy atom. The highest BCUT2D eigenvalue weighted by Crippen LogP contribution is 2.33. The van der Waals surface area contributed by atoms with Crippen LogP contribution in [0.4, 0.5) is 4.39 Å². The Morgan fingerprint density at radius 3 is 2.56 bits per heavy atom. The van der Waals surface area contributed by atoms with Gasteiger partial charge in [0.2, 0.25) is 0 Å². The third-order valence-electron chi connectivity index (χ3n) is 6.67. The molecule has 6 nitrogen and oxygen atoms in total. The summed E-state index contributed by atoms with van der Waals surface area (Å²) < 4.78 is 29.9. The maximum absolute atomic E-state index is 14.3. The average molecular weight is 841 g/mol. The number of hydrogen-bond acceptors (Lipinski definition) is 7. The second kappa shape index (κ2) is 13.7. The molecule has 43 heavy (non-hydrogen) atoms. The van der Waals surface area contributed by atoms with E-state index in [1.165, 1.54) is 17.4 Å². The molecule has 1 aromatic heterocycles. The van der Waals surface area contributed by atoms with Crippen LogP contribution in [-0.4, -0.2) is 22.9 Å². The van der Waals surface area contributed by atoms with Crippen molar-refractivity contribution in [3.8, 4) is 5.75 Å². The van der Waals surface area contributed by atoms with Crippen molar-refractivity contribution in [3.05, 3.63) is 121 Å². The first kappa shape index (κ1) is 31.9. The first-order valence-corrected chi connectivity index (χ1v) is 17.5. The number of carbonyl (C=O) groups excluding carboxylic acids is 1. The van der Waals surface area contributed by atoms with Gasteiger partial charge in [0.05, 0.1) is 31.5 Å². The predicted octanol–water partition coefficient (Wildman–Crippen LogP) is 6.84. The van der Waals surface area contributed by atoms with Gasteiger partial charge in [0.1, 0.15) is 18.2 Å². The van der Waals surface area contributed by atoms with Crippen LogP contribution >= 0.6 is 68.3 Å². The number of allylic oxidation sites excluding steroid dienone is 1. The van der Waals surface area contributed by atoms with E-state index in [-0.39, 0.29) is 24.1 Å². The van der Waals surface area contributed by atoms with Crippen LogP contribution in [0.3, 0.4) is 0 Å². The maximum Gasteiger partial charge on any atom is 0.338 e. The highest BCUT2D eigenvalue weighted by molar-refractivity contribution is 14.1. The van der Waals surface area contributed by atoms with Gasteiger partial charge in [-0.2, -0.15) is 0 Å². The van der Waals surface area contributed by atoms with Gasteiger partial charge >= 0.3 is 5.97 Å². The molecule has 0 unspecified atom stereocenters. The molecule has 11 heteroatoms. The highest BCUT2D eigenvalue weighted by Gasteiger charge is 2.33. The van der Waals surface area contributed by atoms with Crippen LogP contribution in [0.25, 0.3) is 6.08 Å². The SMILES string of the molecule is CSc1ccc([C@@H]2C(C(=O)OC(C)C)=C(C)N=c3s/c(=C\c4cc(I)cc(I)c4OCc4ccccc4F)c(=O)n32)cc1. The summed E-state index contributed by atoms with van der Waals surface area (Å²) in [6.45, 7) is 5.39. The fourth-order valence-electron chi connectivity index (χ4n) is 4.71. The van der Waals surface area contributed by atoms with E-state index in [0.29, 0.717) is 37.5 Å². The van der Waals surface area contributed by atoms with Gasteiger partial charge in [0, 0.05) is 19.6 Å². The van der Waals surface area contributed by atoms with E-state index in [2.05, 4.69) is 45.2 Å². The Balaban J connectivity index is 1.65. The second-order valence-electron chi connectivity index (χ2n) is 10.00. The normalized spacial score (nSPS) is 15.0. The minimum atomic E-state index is -0.701. The van der Waals surface area contributed by atoms with Gasteiger partial charge in [-0.05, 0) is 114 Å². The molecule has 0 bridgehead atoms. The number of aromatic nitrogens is 1. The van der Waals surface area contributed by atoms with Gasteiger partial charge < -0.3 is 9.47 Å². The number of halogens is 3. The van der Waals surface area contributed by atoms with E-state index in [0.717, 1.165) is 17.6 Å². The highest BCUT2D eigenvalue weighted by atomic mass is 127. The second-order valence-corrected chi connectivity index (χ2v) is 14.3. The lowest BCUT2D eigenvalue weighted by Crippen LogP contribution is -2.40. The van der Waals surface area contributed by atoms with Gasteiger partial charge in [-0.3, -0.25) is 9.36 Å². The van der Waals surface area contributed by atoms with Crippen molar-refractivity contribution in [2.24, 2.45) is 4.99 Å². The average Bonchev–Trinajstić information content (AvgIpc) is 3.26. The van der Waals surface area contributed by atoms with E-state index in [1.54, 1.807) is 61.4 Å². The van der Waals surface area contributed by atoms with E-state index < -0.39 is 12.0 Å². The molecule has 0 aliphatic carbocycles. The lowest BCUT2D eigenvalue weighted by Gasteiger charge is -2.25. The Kier molecular flexibility index (Phi) is 10.1. The van der Waals surface area contributed by atoms with E-state index in [4.69, 9.17) is 14.5 Å². The van der Waals surface area contributed by atoms with Crippen LogP contribution in [0.15, 0.2) is 86.6 Å². The fourth-order valence-corrected chi connectivity index (χ4v) is 8.20. The maximum atomic E-state index is 14.3. The number of thioether (sulfide) groups is 1. The zero-order chi connectivity index (χ0) is 30.8. The van der Waals surface area contributed by atoms with Crippen molar-refractivity contribution in [2.45, 2.75) is 44.4 Å². The summed E-state index contributed by atoms with van der Waals surface area (Å²) in [4.78, 5) is 33.8. The van der Waals surface area contributed by atoms with Gasteiger partial charge in [-0.25, -0.2) is 14.2 Å². The zero-order valence-electron chi connectivity index (χ0n) is 23.7. The summed E-state index contributed by atoms with van der Waals surface area (Å²) in [5.41, 5.74) is 2.48. The largest absolute Gasteiger partial charge is 0.487 e. The topological polar surface area (TPSA) is 69.9 Å². The number of benzene rings is 3.